The summed E-state index contributed by atoms with van der Waals surface area (Å²) in [5.74, 6) is 0.156. The van der Waals surface area contributed by atoms with E-state index in [0.29, 0.717) is 0 Å². The third-order valence-corrected chi connectivity index (χ3v) is 2.94. The summed E-state index contributed by atoms with van der Waals surface area (Å²) in [5.41, 5.74) is 0. The van der Waals surface area contributed by atoms with E-state index < -0.39 is 7.82 Å². The average molecular weight is 303 g/mol. The Morgan fingerprint density at radius 2 is 1.69 bits per heavy atom. The first-order chi connectivity index (χ1) is 7.44. The molecule has 2 rings (SSSR count). The van der Waals surface area contributed by atoms with Crippen LogP contribution >= 0.6 is 23.8 Å². The topological polar surface area (TPSA) is 66.8 Å². The van der Waals surface area contributed by atoms with Gasteiger partial charge in [-0.05, 0) is 35.0 Å². The van der Waals surface area contributed by atoms with Gasteiger partial charge < -0.3 is 4.52 Å². The number of phosphoric ester groups is 1. The van der Waals surface area contributed by atoms with Crippen molar-refractivity contribution in [1.29, 1.82) is 0 Å². The van der Waals surface area contributed by atoms with Crippen LogP contribution in [0.15, 0.2) is 40.9 Å². The number of fused-ring (bicyclic) bond motifs is 1. The number of hydrogen-bond donors (Lipinski definition) is 2. The minimum Gasteiger partial charge on any atom is -0.404 e. The normalized spacial score (nSPS) is 11.7. The lowest BCUT2D eigenvalue weighted by Crippen LogP contribution is -1.89. The smallest absolute Gasteiger partial charge is 0.404 e. The van der Waals surface area contributed by atoms with Crippen LogP contribution < -0.4 is 4.52 Å². The fraction of sp³-hybridized carbons (Fsp3) is 0. The molecule has 2 N–H and O–H groups in total. The lowest BCUT2D eigenvalue weighted by molar-refractivity contribution is 0.283. The minimum absolute atomic E-state index is 0.156. The van der Waals surface area contributed by atoms with Gasteiger partial charge in [0.05, 0.1) is 0 Å². The van der Waals surface area contributed by atoms with Crippen molar-refractivity contribution >= 4 is 34.5 Å². The second kappa shape index (κ2) is 4.18. The zero-order valence-electron chi connectivity index (χ0n) is 8.00. The molecule has 0 saturated carbocycles. The number of hydrogen-bond acceptors (Lipinski definition) is 2. The number of halogens is 1. The van der Waals surface area contributed by atoms with Gasteiger partial charge >= 0.3 is 7.82 Å². The van der Waals surface area contributed by atoms with E-state index in [1.54, 1.807) is 12.1 Å². The lowest BCUT2D eigenvalue weighted by Gasteiger charge is -2.07. The first-order valence-corrected chi connectivity index (χ1v) is 6.71. The molecule has 0 aliphatic heterocycles. The standard InChI is InChI=1S/C10H8BrO4P/c11-9-3-1-8-6-10(15-16(12,13)14)4-2-7(8)5-9/h1-6H,(H2,12,13,14). The van der Waals surface area contributed by atoms with Crippen LogP contribution in [0.3, 0.4) is 0 Å². The maximum atomic E-state index is 10.7. The third kappa shape index (κ3) is 2.83. The maximum absolute atomic E-state index is 10.7. The summed E-state index contributed by atoms with van der Waals surface area (Å²) >= 11 is 3.34. The molecule has 0 bridgehead atoms. The Morgan fingerprint density at radius 3 is 2.38 bits per heavy atom. The van der Waals surface area contributed by atoms with E-state index in [9.17, 15) is 4.57 Å². The molecule has 0 atom stereocenters. The summed E-state index contributed by atoms with van der Waals surface area (Å²) in [4.78, 5) is 17.3. The molecule has 0 heterocycles. The van der Waals surface area contributed by atoms with Gasteiger partial charge in [-0.15, -0.1) is 0 Å². The van der Waals surface area contributed by atoms with Crippen LogP contribution in [-0.4, -0.2) is 9.79 Å². The summed E-state index contributed by atoms with van der Waals surface area (Å²) in [6, 6.07) is 10.5. The van der Waals surface area contributed by atoms with E-state index in [1.807, 2.05) is 18.2 Å². The molecule has 0 radical (unpaired) electrons. The predicted molar refractivity (Wildman–Crippen MR) is 64.3 cm³/mol. The molecule has 0 aliphatic carbocycles. The first kappa shape index (κ1) is 11.6. The van der Waals surface area contributed by atoms with Crippen LogP contribution in [0.4, 0.5) is 0 Å². The third-order valence-electron chi connectivity index (χ3n) is 2.00. The van der Waals surface area contributed by atoms with Crippen molar-refractivity contribution in [2.45, 2.75) is 0 Å². The van der Waals surface area contributed by atoms with Gasteiger partial charge in [-0.3, -0.25) is 9.79 Å². The molecule has 16 heavy (non-hydrogen) atoms. The zero-order valence-corrected chi connectivity index (χ0v) is 10.5. The predicted octanol–water partition coefficient (Wildman–Crippen LogP) is 3.07. The van der Waals surface area contributed by atoms with Crippen molar-refractivity contribution in [3.05, 3.63) is 40.9 Å². The maximum Gasteiger partial charge on any atom is 0.524 e. The van der Waals surface area contributed by atoms with Crippen molar-refractivity contribution < 1.29 is 18.9 Å². The fourth-order valence-electron chi connectivity index (χ4n) is 1.39. The quantitative estimate of drug-likeness (QED) is 0.837. The Morgan fingerprint density at radius 1 is 1.06 bits per heavy atom. The van der Waals surface area contributed by atoms with E-state index >= 15 is 0 Å². The summed E-state index contributed by atoms with van der Waals surface area (Å²) in [6.07, 6.45) is 0. The van der Waals surface area contributed by atoms with Gasteiger partial charge in [-0.1, -0.05) is 28.1 Å². The van der Waals surface area contributed by atoms with Gasteiger partial charge in [-0.25, -0.2) is 4.57 Å². The fourth-order valence-corrected chi connectivity index (χ4v) is 2.16. The Bertz CT molecular complexity index is 578. The molecule has 2 aromatic rings. The van der Waals surface area contributed by atoms with E-state index in [2.05, 4.69) is 20.5 Å². The summed E-state index contributed by atoms with van der Waals surface area (Å²) in [6.45, 7) is 0. The number of phosphoric acid groups is 1. The summed E-state index contributed by atoms with van der Waals surface area (Å²) in [5, 5.41) is 1.82. The largest absolute Gasteiger partial charge is 0.524 e. The van der Waals surface area contributed by atoms with Crippen molar-refractivity contribution in [3.63, 3.8) is 0 Å². The Labute approximate surface area is 100 Å². The molecule has 2 aromatic carbocycles. The Hall–Kier alpha value is -0.870. The second-order valence-corrected chi connectivity index (χ2v) is 5.31. The molecule has 0 aliphatic rings. The van der Waals surface area contributed by atoms with Crippen LogP contribution in [0.2, 0.25) is 0 Å². The molecule has 0 saturated heterocycles. The number of benzene rings is 2. The molecule has 6 heteroatoms. The van der Waals surface area contributed by atoms with Crippen molar-refractivity contribution in [2.75, 3.05) is 0 Å². The number of rotatable bonds is 2. The van der Waals surface area contributed by atoms with Crippen molar-refractivity contribution in [1.82, 2.24) is 0 Å². The molecule has 0 unspecified atom stereocenters. The monoisotopic (exact) mass is 302 g/mol. The van der Waals surface area contributed by atoms with Crippen LogP contribution in [0.1, 0.15) is 0 Å². The highest BCUT2D eigenvalue weighted by Gasteiger charge is 2.15. The van der Waals surface area contributed by atoms with Gasteiger partial charge in [0, 0.05) is 4.47 Å². The van der Waals surface area contributed by atoms with Crippen LogP contribution in [-0.2, 0) is 4.57 Å². The van der Waals surface area contributed by atoms with E-state index in [4.69, 9.17) is 9.79 Å². The molecular weight excluding hydrogens is 295 g/mol. The van der Waals surface area contributed by atoms with Gasteiger partial charge in [0.1, 0.15) is 5.75 Å². The van der Waals surface area contributed by atoms with Crippen molar-refractivity contribution in [2.24, 2.45) is 0 Å². The van der Waals surface area contributed by atoms with Crippen LogP contribution in [0.5, 0.6) is 5.75 Å². The molecule has 0 aromatic heterocycles. The SMILES string of the molecule is O=P(O)(O)Oc1ccc2cc(Br)ccc2c1. The average Bonchev–Trinajstić information content (AvgIpc) is 2.16. The molecule has 84 valence electrons. The first-order valence-electron chi connectivity index (χ1n) is 4.38. The summed E-state index contributed by atoms with van der Waals surface area (Å²) < 4.78 is 16.1. The molecule has 0 fully saturated rings. The van der Waals surface area contributed by atoms with Crippen LogP contribution in [0, 0.1) is 0 Å². The molecule has 0 spiro atoms. The van der Waals surface area contributed by atoms with Gasteiger partial charge in [0.25, 0.3) is 0 Å². The highest BCUT2D eigenvalue weighted by atomic mass is 79.9. The molecule has 0 amide bonds. The lowest BCUT2D eigenvalue weighted by atomic mass is 10.1. The highest BCUT2D eigenvalue weighted by Crippen LogP contribution is 2.38. The van der Waals surface area contributed by atoms with Crippen LogP contribution in [0.25, 0.3) is 10.8 Å². The summed E-state index contributed by atoms with van der Waals surface area (Å²) in [7, 11) is -4.48. The molecular formula is C10H8BrO4P. The highest BCUT2D eigenvalue weighted by molar-refractivity contribution is 9.10. The Balaban J connectivity index is 2.45. The minimum atomic E-state index is -4.48. The van der Waals surface area contributed by atoms with Crippen molar-refractivity contribution in [3.8, 4) is 5.75 Å². The Kier molecular flexibility index (Phi) is 3.04. The van der Waals surface area contributed by atoms with E-state index in [-0.39, 0.29) is 5.75 Å². The van der Waals surface area contributed by atoms with Gasteiger partial charge in [0.2, 0.25) is 0 Å². The van der Waals surface area contributed by atoms with Gasteiger partial charge in [-0.2, -0.15) is 0 Å². The zero-order chi connectivity index (χ0) is 11.8. The molecule has 4 nitrogen and oxygen atoms in total. The van der Waals surface area contributed by atoms with E-state index in [0.717, 1.165) is 15.2 Å². The van der Waals surface area contributed by atoms with Gasteiger partial charge in [0.15, 0.2) is 0 Å². The van der Waals surface area contributed by atoms with E-state index in [1.165, 1.54) is 6.07 Å². The second-order valence-electron chi connectivity index (χ2n) is 3.24.